The van der Waals surface area contributed by atoms with Crippen molar-refractivity contribution < 1.29 is 9.53 Å². The Hall–Kier alpha value is -1.26. The highest BCUT2D eigenvalue weighted by molar-refractivity contribution is 5.85. The average Bonchev–Trinajstić information content (AvgIpc) is 2.58. The fourth-order valence-electron chi connectivity index (χ4n) is 2.90. The molecule has 0 aromatic heterocycles. The Morgan fingerprint density at radius 3 is 2.61 bits per heavy atom. The van der Waals surface area contributed by atoms with Crippen LogP contribution in [-0.4, -0.2) is 43.6 Å². The van der Waals surface area contributed by atoms with Gasteiger partial charge in [0.15, 0.2) is 6.61 Å². The monoisotopic (exact) mass is 340 g/mol. The van der Waals surface area contributed by atoms with E-state index in [0.29, 0.717) is 5.92 Å². The molecule has 1 saturated heterocycles. The lowest BCUT2D eigenvalue weighted by Gasteiger charge is -2.32. The molecule has 4 nitrogen and oxygen atoms in total. The number of carbonyl (C=O) groups excluding carboxylic acids is 1. The Bertz CT molecular complexity index is 474. The minimum absolute atomic E-state index is 0. The van der Waals surface area contributed by atoms with E-state index in [2.05, 4.69) is 19.2 Å². The van der Waals surface area contributed by atoms with Gasteiger partial charge in [-0.1, -0.05) is 32.0 Å². The first-order chi connectivity index (χ1) is 10.7. The highest BCUT2D eigenvalue weighted by Crippen LogP contribution is 2.19. The van der Waals surface area contributed by atoms with Gasteiger partial charge >= 0.3 is 0 Å². The summed E-state index contributed by atoms with van der Waals surface area (Å²) in [6.45, 7) is 8.17. The van der Waals surface area contributed by atoms with Gasteiger partial charge in [-0.15, -0.1) is 12.4 Å². The normalized spacial score (nSPS) is 15.1. The van der Waals surface area contributed by atoms with Gasteiger partial charge in [-0.05, 0) is 49.9 Å². The third kappa shape index (κ3) is 6.04. The SMILES string of the molecule is CCNCC1CCN(C(=O)COc2ccccc2CC)CC1.Cl. The zero-order valence-electron chi connectivity index (χ0n) is 14.2. The molecule has 1 aromatic rings. The number of para-hydroxylation sites is 1. The molecule has 1 aromatic carbocycles. The molecule has 1 N–H and O–H groups in total. The maximum Gasteiger partial charge on any atom is 0.260 e. The van der Waals surface area contributed by atoms with Crippen LogP contribution in [0.1, 0.15) is 32.3 Å². The van der Waals surface area contributed by atoms with Crippen molar-refractivity contribution in [1.82, 2.24) is 10.2 Å². The minimum Gasteiger partial charge on any atom is -0.483 e. The number of carbonyl (C=O) groups is 1. The Labute approximate surface area is 146 Å². The van der Waals surface area contributed by atoms with Crippen molar-refractivity contribution in [3.8, 4) is 5.75 Å². The van der Waals surface area contributed by atoms with E-state index in [1.807, 2.05) is 29.2 Å². The second kappa shape index (κ2) is 10.5. The van der Waals surface area contributed by atoms with Gasteiger partial charge in [0.1, 0.15) is 5.75 Å². The van der Waals surface area contributed by atoms with Gasteiger partial charge in [-0.3, -0.25) is 4.79 Å². The van der Waals surface area contributed by atoms with Crippen LogP contribution in [0, 0.1) is 5.92 Å². The summed E-state index contributed by atoms with van der Waals surface area (Å²) >= 11 is 0. The fourth-order valence-corrected chi connectivity index (χ4v) is 2.90. The molecule has 1 aliphatic rings. The highest BCUT2D eigenvalue weighted by atomic mass is 35.5. The highest BCUT2D eigenvalue weighted by Gasteiger charge is 2.22. The first kappa shape index (κ1) is 19.8. The van der Waals surface area contributed by atoms with E-state index in [-0.39, 0.29) is 24.9 Å². The molecule has 5 heteroatoms. The predicted molar refractivity (Wildman–Crippen MR) is 96.4 cm³/mol. The average molecular weight is 341 g/mol. The summed E-state index contributed by atoms with van der Waals surface area (Å²) in [6, 6.07) is 7.94. The summed E-state index contributed by atoms with van der Waals surface area (Å²) in [5.74, 6) is 1.64. The van der Waals surface area contributed by atoms with Crippen LogP contribution < -0.4 is 10.1 Å². The molecule has 0 saturated carbocycles. The summed E-state index contributed by atoms with van der Waals surface area (Å²) in [6.07, 6.45) is 3.09. The van der Waals surface area contributed by atoms with Crippen LogP contribution in [0.2, 0.25) is 0 Å². The Morgan fingerprint density at radius 1 is 1.26 bits per heavy atom. The molecule has 23 heavy (non-hydrogen) atoms. The van der Waals surface area contributed by atoms with E-state index in [1.54, 1.807) is 0 Å². The Balaban J connectivity index is 0.00000264. The number of hydrogen-bond donors (Lipinski definition) is 1. The number of likely N-dealkylation sites (tertiary alicyclic amines) is 1. The number of aryl methyl sites for hydroxylation is 1. The lowest BCUT2D eigenvalue weighted by molar-refractivity contribution is -0.134. The molecule has 0 bridgehead atoms. The molecular formula is C18H29ClN2O2. The third-order valence-corrected chi connectivity index (χ3v) is 4.35. The molecule has 0 spiro atoms. The Morgan fingerprint density at radius 2 is 1.96 bits per heavy atom. The molecule has 0 atom stereocenters. The number of nitrogens with zero attached hydrogens (tertiary/aromatic N) is 1. The van der Waals surface area contributed by atoms with Gasteiger partial charge < -0.3 is 15.0 Å². The van der Waals surface area contributed by atoms with Gasteiger partial charge in [-0.2, -0.15) is 0 Å². The van der Waals surface area contributed by atoms with E-state index >= 15 is 0 Å². The second-order valence-corrected chi connectivity index (χ2v) is 5.88. The Kier molecular flexibility index (Phi) is 9.03. The van der Waals surface area contributed by atoms with Crippen molar-refractivity contribution in [1.29, 1.82) is 0 Å². The zero-order valence-corrected chi connectivity index (χ0v) is 15.0. The van der Waals surface area contributed by atoms with Crippen LogP contribution in [0.5, 0.6) is 5.75 Å². The maximum absolute atomic E-state index is 12.3. The van der Waals surface area contributed by atoms with Gasteiger partial charge in [-0.25, -0.2) is 0 Å². The molecule has 1 fully saturated rings. The predicted octanol–water partition coefficient (Wildman–Crippen LogP) is 2.90. The summed E-state index contributed by atoms with van der Waals surface area (Å²) in [4.78, 5) is 14.2. The second-order valence-electron chi connectivity index (χ2n) is 5.88. The third-order valence-electron chi connectivity index (χ3n) is 4.35. The van der Waals surface area contributed by atoms with Crippen LogP contribution in [0.25, 0.3) is 0 Å². The lowest BCUT2D eigenvalue weighted by Crippen LogP contribution is -2.42. The van der Waals surface area contributed by atoms with Crippen molar-refractivity contribution in [2.45, 2.75) is 33.1 Å². The number of rotatable bonds is 7. The van der Waals surface area contributed by atoms with Crippen molar-refractivity contribution >= 4 is 18.3 Å². The molecule has 1 aliphatic heterocycles. The van der Waals surface area contributed by atoms with Crippen LogP contribution in [-0.2, 0) is 11.2 Å². The van der Waals surface area contributed by atoms with E-state index in [0.717, 1.165) is 56.8 Å². The number of amides is 1. The quantitative estimate of drug-likeness (QED) is 0.829. The van der Waals surface area contributed by atoms with Gasteiger partial charge in [0.25, 0.3) is 5.91 Å². The topological polar surface area (TPSA) is 41.6 Å². The van der Waals surface area contributed by atoms with Crippen LogP contribution in [0.3, 0.4) is 0 Å². The molecule has 0 aliphatic carbocycles. The van der Waals surface area contributed by atoms with Crippen LogP contribution in [0.15, 0.2) is 24.3 Å². The zero-order chi connectivity index (χ0) is 15.8. The van der Waals surface area contributed by atoms with Gasteiger partial charge in [0.05, 0.1) is 0 Å². The minimum atomic E-state index is 0. The van der Waals surface area contributed by atoms with Crippen molar-refractivity contribution in [2.24, 2.45) is 5.92 Å². The first-order valence-electron chi connectivity index (χ1n) is 8.43. The molecule has 1 heterocycles. The number of nitrogens with one attached hydrogen (secondary N) is 1. The van der Waals surface area contributed by atoms with E-state index in [4.69, 9.17) is 4.74 Å². The largest absolute Gasteiger partial charge is 0.483 e. The van der Waals surface area contributed by atoms with Gasteiger partial charge in [0, 0.05) is 13.1 Å². The number of halogens is 1. The standard InChI is InChI=1S/C18H28N2O2.ClH/c1-3-16-7-5-6-8-17(16)22-14-18(21)20-11-9-15(10-12-20)13-19-4-2;/h5-8,15,19H,3-4,9-14H2,1-2H3;1H. The van der Waals surface area contributed by atoms with E-state index < -0.39 is 0 Å². The van der Waals surface area contributed by atoms with Crippen LogP contribution >= 0.6 is 12.4 Å². The number of benzene rings is 1. The van der Waals surface area contributed by atoms with Crippen LogP contribution in [0.4, 0.5) is 0 Å². The fraction of sp³-hybridized carbons (Fsp3) is 0.611. The molecule has 0 unspecified atom stereocenters. The molecule has 130 valence electrons. The summed E-state index contributed by atoms with van der Waals surface area (Å²) in [5.41, 5.74) is 1.15. The molecule has 1 amide bonds. The number of ether oxygens (including phenoxy) is 1. The first-order valence-corrected chi connectivity index (χ1v) is 8.43. The van der Waals surface area contributed by atoms with Crippen molar-refractivity contribution in [2.75, 3.05) is 32.8 Å². The van der Waals surface area contributed by atoms with E-state index in [1.165, 1.54) is 0 Å². The van der Waals surface area contributed by atoms with E-state index in [9.17, 15) is 4.79 Å². The number of hydrogen-bond acceptors (Lipinski definition) is 3. The molecular weight excluding hydrogens is 312 g/mol. The van der Waals surface area contributed by atoms with Crippen molar-refractivity contribution in [3.63, 3.8) is 0 Å². The maximum atomic E-state index is 12.3. The number of piperidine rings is 1. The lowest BCUT2D eigenvalue weighted by atomic mass is 9.97. The molecule has 0 radical (unpaired) electrons. The summed E-state index contributed by atoms with van der Waals surface area (Å²) < 4.78 is 5.73. The molecule has 2 rings (SSSR count). The summed E-state index contributed by atoms with van der Waals surface area (Å²) in [7, 11) is 0. The smallest absolute Gasteiger partial charge is 0.260 e. The summed E-state index contributed by atoms with van der Waals surface area (Å²) in [5, 5.41) is 3.39. The van der Waals surface area contributed by atoms with Crippen molar-refractivity contribution in [3.05, 3.63) is 29.8 Å². The van der Waals surface area contributed by atoms with Gasteiger partial charge in [0.2, 0.25) is 0 Å².